The molecule has 0 atom stereocenters. The summed E-state index contributed by atoms with van der Waals surface area (Å²) in [6.45, 7) is 3.96. The number of hydrogen-bond donors (Lipinski definition) is 1. The molecular formula is C22H24ClNO6. The summed E-state index contributed by atoms with van der Waals surface area (Å²) in [4.78, 5) is 23.5. The maximum absolute atomic E-state index is 12.3. The fourth-order valence-electron chi connectivity index (χ4n) is 2.56. The summed E-state index contributed by atoms with van der Waals surface area (Å²) in [7, 11) is 2.81. The van der Waals surface area contributed by atoms with E-state index in [1.807, 2.05) is 13.8 Å². The van der Waals surface area contributed by atoms with Gasteiger partial charge in [-0.15, -0.1) is 0 Å². The molecule has 2 rings (SSSR count). The van der Waals surface area contributed by atoms with Gasteiger partial charge >= 0.3 is 5.97 Å². The number of halogens is 1. The van der Waals surface area contributed by atoms with Gasteiger partial charge < -0.3 is 24.3 Å². The van der Waals surface area contributed by atoms with E-state index in [1.54, 1.807) is 36.4 Å². The molecule has 8 heteroatoms. The average Bonchev–Trinajstić information content (AvgIpc) is 2.72. The lowest BCUT2D eigenvalue weighted by atomic mass is 10.1. The topological polar surface area (TPSA) is 83.1 Å². The summed E-state index contributed by atoms with van der Waals surface area (Å²) >= 11 is 6.23. The summed E-state index contributed by atoms with van der Waals surface area (Å²) < 4.78 is 20.6. The Morgan fingerprint density at radius 1 is 1.13 bits per heavy atom. The predicted molar refractivity (Wildman–Crippen MR) is 116 cm³/mol. The van der Waals surface area contributed by atoms with Crippen LogP contribution in [-0.4, -0.2) is 39.3 Å². The van der Waals surface area contributed by atoms with Crippen LogP contribution in [0.4, 0.5) is 5.69 Å². The van der Waals surface area contributed by atoms with Gasteiger partial charge in [-0.05, 0) is 61.4 Å². The van der Waals surface area contributed by atoms with Gasteiger partial charge in [0.2, 0.25) is 5.91 Å². The molecule has 2 aromatic carbocycles. The maximum Gasteiger partial charge on any atom is 0.343 e. The first-order valence-electron chi connectivity index (χ1n) is 9.17. The van der Waals surface area contributed by atoms with Gasteiger partial charge in [-0.25, -0.2) is 4.79 Å². The largest absolute Gasteiger partial charge is 0.491 e. The van der Waals surface area contributed by atoms with Crippen molar-refractivity contribution in [2.75, 3.05) is 32.8 Å². The Kier molecular flexibility index (Phi) is 8.55. The number of hydrogen-bond acceptors (Lipinski definition) is 6. The third-order valence-electron chi connectivity index (χ3n) is 4.00. The van der Waals surface area contributed by atoms with Crippen molar-refractivity contribution in [1.29, 1.82) is 0 Å². The molecule has 0 heterocycles. The molecule has 0 aliphatic rings. The van der Waals surface area contributed by atoms with Crippen molar-refractivity contribution < 1.29 is 28.5 Å². The molecule has 0 unspecified atom stereocenters. The summed E-state index contributed by atoms with van der Waals surface area (Å²) in [5.41, 5.74) is 2.10. The van der Waals surface area contributed by atoms with Gasteiger partial charge in [0.25, 0.3) is 0 Å². The Labute approximate surface area is 180 Å². The van der Waals surface area contributed by atoms with E-state index in [-0.39, 0.29) is 12.5 Å². The second-order valence-electron chi connectivity index (χ2n) is 6.13. The van der Waals surface area contributed by atoms with Crippen LogP contribution in [0.3, 0.4) is 0 Å². The van der Waals surface area contributed by atoms with Gasteiger partial charge in [0.15, 0.2) is 18.1 Å². The van der Waals surface area contributed by atoms with E-state index in [9.17, 15) is 9.59 Å². The normalized spacial score (nSPS) is 10.6. The smallest absolute Gasteiger partial charge is 0.343 e. The van der Waals surface area contributed by atoms with Gasteiger partial charge in [0.05, 0.1) is 25.8 Å². The minimum atomic E-state index is -0.471. The molecule has 160 valence electrons. The van der Waals surface area contributed by atoms with E-state index in [0.29, 0.717) is 40.1 Å². The molecule has 0 radical (unpaired) electrons. The van der Waals surface area contributed by atoms with Crippen molar-refractivity contribution in [1.82, 2.24) is 0 Å². The van der Waals surface area contributed by atoms with Crippen molar-refractivity contribution in [2.45, 2.75) is 13.8 Å². The zero-order valence-electron chi connectivity index (χ0n) is 17.3. The van der Waals surface area contributed by atoms with Crippen molar-refractivity contribution in [3.8, 4) is 17.2 Å². The molecular weight excluding hydrogens is 410 g/mol. The highest BCUT2D eigenvalue weighted by molar-refractivity contribution is 6.32. The number of carbonyl (C=O) groups excluding carboxylic acids is 2. The standard InChI is InChI=1S/C22H24ClNO6/c1-5-29-19-12-15(11-17(23)22(19)28-4)6-9-20(25)24-18-8-7-16(10-14(18)2)30-13-21(26)27-3/h6-12H,5,13H2,1-4H3,(H,24,25)/b9-6-. The van der Waals surface area contributed by atoms with Crippen molar-refractivity contribution in [3.05, 3.63) is 52.6 Å². The maximum atomic E-state index is 12.3. The van der Waals surface area contributed by atoms with Gasteiger partial charge in [0.1, 0.15) is 5.75 Å². The molecule has 0 spiro atoms. The predicted octanol–water partition coefficient (Wildman–Crippen LogP) is 4.26. The molecule has 0 saturated carbocycles. The molecule has 0 aliphatic carbocycles. The van der Waals surface area contributed by atoms with E-state index in [0.717, 1.165) is 5.56 Å². The minimum Gasteiger partial charge on any atom is -0.491 e. The highest BCUT2D eigenvalue weighted by Gasteiger charge is 2.11. The lowest BCUT2D eigenvalue weighted by Gasteiger charge is -2.12. The van der Waals surface area contributed by atoms with Gasteiger partial charge in [-0.3, -0.25) is 4.79 Å². The second kappa shape index (κ2) is 11.1. The highest BCUT2D eigenvalue weighted by Crippen LogP contribution is 2.36. The highest BCUT2D eigenvalue weighted by atomic mass is 35.5. The third-order valence-corrected chi connectivity index (χ3v) is 4.28. The first-order chi connectivity index (χ1) is 14.4. The van der Waals surface area contributed by atoms with Crippen LogP contribution in [0.1, 0.15) is 18.1 Å². The quantitative estimate of drug-likeness (QED) is 0.470. The number of aryl methyl sites for hydroxylation is 1. The zero-order chi connectivity index (χ0) is 22.1. The number of esters is 1. The Bertz CT molecular complexity index is 941. The molecule has 0 aliphatic heterocycles. The number of ether oxygens (including phenoxy) is 4. The van der Waals surface area contributed by atoms with E-state index < -0.39 is 5.97 Å². The first kappa shape index (κ1) is 23.1. The zero-order valence-corrected chi connectivity index (χ0v) is 18.0. The Hall–Kier alpha value is -3.19. The van der Waals surface area contributed by atoms with Crippen molar-refractivity contribution in [3.63, 3.8) is 0 Å². The third kappa shape index (κ3) is 6.42. The SMILES string of the molecule is CCOc1cc(/C=C\C(=O)Nc2ccc(OCC(=O)OC)cc2C)cc(Cl)c1OC. The summed E-state index contributed by atoms with van der Waals surface area (Å²) in [5.74, 6) is 0.673. The number of nitrogens with one attached hydrogen (secondary N) is 1. The number of rotatable bonds is 9. The average molecular weight is 434 g/mol. The molecule has 1 N–H and O–H groups in total. The summed E-state index contributed by atoms with van der Waals surface area (Å²) in [6, 6.07) is 8.51. The molecule has 1 amide bonds. The Morgan fingerprint density at radius 2 is 1.90 bits per heavy atom. The van der Waals surface area contributed by atoms with Crippen LogP contribution in [0.2, 0.25) is 5.02 Å². The van der Waals surface area contributed by atoms with E-state index in [1.165, 1.54) is 20.3 Å². The number of amides is 1. The summed E-state index contributed by atoms with van der Waals surface area (Å²) in [6.07, 6.45) is 3.03. The van der Waals surface area contributed by atoms with Crippen LogP contribution in [-0.2, 0) is 14.3 Å². The van der Waals surface area contributed by atoms with Crippen LogP contribution >= 0.6 is 11.6 Å². The van der Waals surface area contributed by atoms with Crippen LogP contribution in [0.15, 0.2) is 36.4 Å². The first-order valence-corrected chi connectivity index (χ1v) is 9.55. The fourth-order valence-corrected chi connectivity index (χ4v) is 2.86. The van der Waals surface area contributed by atoms with Crippen molar-refractivity contribution in [2.24, 2.45) is 0 Å². The van der Waals surface area contributed by atoms with Gasteiger partial charge in [-0.1, -0.05) is 11.6 Å². The van der Waals surface area contributed by atoms with E-state index >= 15 is 0 Å². The molecule has 0 bridgehead atoms. The molecule has 0 aromatic heterocycles. The number of methoxy groups -OCH3 is 2. The Morgan fingerprint density at radius 3 is 2.53 bits per heavy atom. The number of carbonyl (C=O) groups is 2. The second-order valence-corrected chi connectivity index (χ2v) is 6.54. The fraction of sp³-hybridized carbons (Fsp3) is 0.273. The van der Waals surface area contributed by atoms with Gasteiger partial charge in [-0.2, -0.15) is 0 Å². The van der Waals surface area contributed by atoms with Crippen LogP contribution in [0.25, 0.3) is 6.08 Å². The number of anilines is 1. The van der Waals surface area contributed by atoms with Crippen LogP contribution < -0.4 is 19.5 Å². The summed E-state index contributed by atoms with van der Waals surface area (Å²) in [5, 5.41) is 3.19. The lowest BCUT2D eigenvalue weighted by molar-refractivity contribution is -0.142. The van der Waals surface area contributed by atoms with Gasteiger partial charge in [0, 0.05) is 11.8 Å². The minimum absolute atomic E-state index is 0.182. The van der Waals surface area contributed by atoms with Crippen molar-refractivity contribution >= 4 is 35.2 Å². The lowest BCUT2D eigenvalue weighted by Crippen LogP contribution is -2.13. The molecule has 7 nitrogen and oxygen atoms in total. The molecule has 0 fully saturated rings. The van der Waals surface area contributed by atoms with E-state index in [2.05, 4.69) is 10.1 Å². The Balaban J connectivity index is 2.06. The van der Waals surface area contributed by atoms with E-state index in [4.69, 9.17) is 25.8 Å². The van der Waals surface area contributed by atoms with Crippen LogP contribution in [0.5, 0.6) is 17.2 Å². The molecule has 0 saturated heterocycles. The van der Waals surface area contributed by atoms with Crippen LogP contribution in [0, 0.1) is 6.92 Å². The molecule has 2 aromatic rings. The number of benzene rings is 2. The monoisotopic (exact) mass is 433 g/mol. The molecule has 30 heavy (non-hydrogen) atoms.